The molecule has 1 aromatic rings. The van der Waals surface area contributed by atoms with Gasteiger partial charge in [-0.3, -0.25) is 4.79 Å². The lowest BCUT2D eigenvalue weighted by Gasteiger charge is -2.22. The molecule has 1 aromatic carbocycles. The molecule has 0 aliphatic heterocycles. The number of nitriles is 1. The normalized spacial score (nSPS) is 10.9. The van der Waals surface area contributed by atoms with Crippen molar-refractivity contribution in [3.63, 3.8) is 0 Å². The molecule has 96 valence electrons. The lowest BCUT2D eigenvalue weighted by atomic mass is 9.92. The van der Waals surface area contributed by atoms with Gasteiger partial charge in [-0.15, -0.1) is 0 Å². The van der Waals surface area contributed by atoms with E-state index in [2.05, 4.69) is 15.9 Å². The van der Waals surface area contributed by atoms with Crippen LogP contribution >= 0.6 is 15.9 Å². The van der Waals surface area contributed by atoms with Crippen molar-refractivity contribution in [3.05, 3.63) is 33.3 Å². The van der Waals surface area contributed by atoms with Gasteiger partial charge in [0, 0.05) is 29.7 Å². The largest absolute Gasteiger partial charge is 0.386 e. The monoisotopic (exact) mass is 310 g/mol. The number of carbonyl (C=O) groups excluding carboxylic acids is 1. The molecule has 0 heterocycles. The van der Waals surface area contributed by atoms with E-state index < -0.39 is 5.60 Å². The molecule has 1 rings (SSSR count). The molecule has 4 nitrogen and oxygen atoms in total. The average Bonchev–Trinajstić information content (AvgIpc) is 2.24. The molecule has 0 fully saturated rings. The molecule has 0 unspecified atom stereocenters. The number of hydrogen-bond acceptors (Lipinski definition) is 3. The number of benzene rings is 1. The predicted octanol–water partition coefficient (Wildman–Crippen LogP) is 2.25. The number of rotatable bonds is 2. The maximum absolute atomic E-state index is 11.9. The summed E-state index contributed by atoms with van der Waals surface area (Å²) in [6, 6.07) is 5.14. The summed E-state index contributed by atoms with van der Waals surface area (Å²) in [5.41, 5.74) is 0.0441. The maximum atomic E-state index is 11.9. The minimum Gasteiger partial charge on any atom is -0.386 e. The fraction of sp³-hybridized carbons (Fsp3) is 0.385. The number of aliphatic hydroxyl groups is 1. The molecular weight excluding hydrogens is 296 g/mol. The fourth-order valence-electron chi connectivity index (χ4n) is 1.70. The molecule has 1 N–H and O–H groups in total. The highest BCUT2D eigenvalue weighted by atomic mass is 79.9. The van der Waals surface area contributed by atoms with E-state index in [1.54, 1.807) is 34.0 Å². The zero-order chi connectivity index (χ0) is 14.1. The quantitative estimate of drug-likeness (QED) is 0.911. The van der Waals surface area contributed by atoms with Gasteiger partial charge in [-0.1, -0.05) is 15.9 Å². The molecule has 0 aromatic heterocycles. The molecular formula is C13H15BrN2O2. The van der Waals surface area contributed by atoms with Crippen molar-refractivity contribution in [2.75, 3.05) is 14.1 Å². The highest BCUT2D eigenvalue weighted by Crippen LogP contribution is 2.32. The lowest BCUT2D eigenvalue weighted by Crippen LogP contribution is -2.23. The molecule has 0 spiro atoms. The topological polar surface area (TPSA) is 64.3 Å². The van der Waals surface area contributed by atoms with Gasteiger partial charge >= 0.3 is 0 Å². The Morgan fingerprint density at radius 1 is 1.44 bits per heavy atom. The van der Waals surface area contributed by atoms with Crippen LogP contribution in [0.2, 0.25) is 0 Å². The molecule has 5 heteroatoms. The first-order valence-corrected chi connectivity index (χ1v) is 6.16. The molecule has 1 amide bonds. The third-order valence-electron chi connectivity index (χ3n) is 2.48. The first-order chi connectivity index (χ1) is 8.18. The molecule has 0 atom stereocenters. The van der Waals surface area contributed by atoms with Crippen LogP contribution in [0.5, 0.6) is 0 Å². The second kappa shape index (κ2) is 5.09. The molecule has 0 radical (unpaired) electrons. The van der Waals surface area contributed by atoms with Crippen molar-refractivity contribution in [1.29, 1.82) is 5.26 Å². The Hall–Kier alpha value is -1.38. The minimum absolute atomic E-state index is 0.186. The number of carbonyl (C=O) groups is 1. The van der Waals surface area contributed by atoms with Gasteiger partial charge in [0.2, 0.25) is 0 Å². The van der Waals surface area contributed by atoms with Gasteiger partial charge < -0.3 is 10.0 Å². The van der Waals surface area contributed by atoms with Gasteiger partial charge in [0.15, 0.2) is 0 Å². The van der Waals surface area contributed by atoms with Crippen molar-refractivity contribution in [2.45, 2.75) is 19.4 Å². The third-order valence-corrected chi connectivity index (χ3v) is 3.10. The minimum atomic E-state index is -1.15. The summed E-state index contributed by atoms with van der Waals surface area (Å²) in [5.74, 6) is -0.186. The van der Waals surface area contributed by atoms with E-state index in [1.165, 1.54) is 11.0 Å². The lowest BCUT2D eigenvalue weighted by molar-refractivity contribution is 0.0768. The number of hydrogen-bond donors (Lipinski definition) is 1. The zero-order valence-electron chi connectivity index (χ0n) is 10.8. The highest BCUT2D eigenvalue weighted by molar-refractivity contribution is 9.10. The summed E-state index contributed by atoms with van der Waals surface area (Å²) in [6.45, 7) is 3.20. The SMILES string of the molecule is CN(C)C(=O)c1cc(Br)c(C(C)(C)O)c(C#N)c1. The summed E-state index contributed by atoms with van der Waals surface area (Å²) < 4.78 is 0.555. The zero-order valence-corrected chi connectivity index (χ0v) is 12.4. The molecule has 18 heavy (non-hydrogen) atoms. The molecule has 0 aliphatic carbocycles. The first kappa shape index (κ1) is 14.7. The van der Waals surface area contributed by atoms with Crippen LogP contribution in [0.15, 0.2) is 16.6 Å². The van der Waals surface area contributed by atoms with Gasteiger partial charge in [0.25, 0.3) is 5.91 Å². The highest BCUT2D eigenvalue weighted by Gasteiger charge is 2.25. The van der Waals surface area contributed by atoms with Gasteiger partial charge in [-0.2, -0.15) is 5.26 Å². The Labute approximate surface area is 115 Å². The van der Waals surface area contributed by atoms with Crippen LogP contribution in [0.3, 0.4) is 0 Å². The van der Waals surface area contributed by atoms with E-state index in [0.29, 0.717) is 21.2 Å². The Balaban J connectivity index is 3.48. The Bertz CT molecular complexity index is 525. The van der Waals surface area contributed by atoms with Crippen LogP contribution in [0.4, 0.5) is 0 Å². The van der Waals surface area contributed by atoms with Crippen molar-refractivity contribution in [3.8, 4) is 6.07 Å². The standard InChI is InChI=1S/C13H15BrN2O2/c1-13(2,18)11-9(7-15)5-8(6-10(11)14)12(17)16(3)4/h5-6,18H,1-4H3. The van der Waals surface area contributed by atoms with Gasteiger partial charge in [0.1, 0.15) is 0 Å². The Morgan fingerprint density at radius 3 is 2.39 bits per heavy atom. The van der Waals surface area contributed by atoms with Crippen molar-refractivity contribution in [1.82, 2.24) is 4.90 Å². The van der Waals surface area contributed by atoms with Crippen molar-refractivity contribution < 1.29 is 9.90 Å². The second-order valence-corrected chi connectivity index (χ2v) is 5.61. The van der Waals surface area contributed by atoms with Gasteiger partial charge in [-0.05, 0) is 26.0 Å². The average molecular weight is 311 g/mol. The summed E-state index contributed by atoms with van der Waals surface area (Å²) >= 11 is 3.31. The van der Waals surface area contributed by atoms with E-state index in [9.17, 15) is 9.90 Å². The number of amides is 1. The molecule has 0 saturated carbocycles. The van der Waals surface area contributed by atoms with Crippen LogP contribution in [-0.4, -0.2) is 30.0 Å². The first-order valence-electron chi connectivity index (χ1n) is 5.36. The van der Waals surface area contributed by atoms with E-state index in [4.69, 9.17) is 5.26 Å². The van der Waals surface area contributed by atoms with Gasteiger partial charge in [-0.25, -0.2) is 0 Å². The Morgan fingerprint density at radius 2 is 2.00 bits per heavy atom. The smallest absolute Gasteiger partial charge is 0.253 e. The summed E-state index contributed by atoms with van der Waals surface area (Å²) in [4.78, 5) is 13.3. The van der Waals surface area contributed by atoms with Crippen LogP contribution in [0, 0.1) is 11.3 Å². The van der Waals surface area contributed by atoms with Gasteiger partial charge in [0.05, 0.1) is 17.2 Å². The molecule has 0 bridgehead atoms. The fourth-order valence-corrected chi connectivity index (χ4v) is 2.64. The van der Waals surface area contributed by atoms with Crippen LogP contribution in [0.25, 0.3) is 0 Å². The van der Waals surface area contributed by atoms with Crippen LogP contribution in [0.1, 0.15) is 35.3 Å². The van der Waals surface area contributed by atoms with E-state index in [0.717, 1.165) is 0 Å². The predicted molar refractivity (Wildman–Crippen MR) is 72.1 cm³/mol. The second-order valence-electron chi connectivity index (χ2n) is 4.75. The maximum Gasteiger partial charge on any atom is 0.253 e. The van der Waals surface area contributed by atoms with Crippen LogP contribution in [-0.2, 0) is 5.60 Å². The molecule has 0 aliphatic rings. The summed E-state index contributed by atoms with van der Waals surface area (Å²) in [6.07, 6.45) is 0. The summed E-state index contributed by atoms with van der Waals surface area (Å²) in [5, 5.41) is 19.2. The van der Waals surface area contributed by atoms with E-state index in [1.807, 2.05) is 6.07 Å². The Kier molecular flexibility index (Phi) is 4.15. The van der Waals surface area contributed by atoms with Crippen molar-refractivity contribution >= 4 is 21.8 Å². The van der Waals surface area contributed by atoms with E-state index in [-0.39, 0.29) is 5.91 Å². The summed E-state index contributed by atoms with van der Waals surface area (Å²) in [7, 11) is 3.29. The van der Waals surface area contributed by atoms with Crippen LogP contribution < -0.4 is 0 Å². The van der Waals surface area contributed by atoms with Crippen molar-refractivity contribution in [2.24, 2.45) is 0 Å². The van der Waals surface area contributed by atoms with E-state index >= 15 is 0 Å². The number of nitrogens with zero attached hydrogens (tertiary/aromatic N) is 2. The third kappa shape index (κ3) is 2.89. The molecule has 0 saturated heterocycles. The number of halogens is 1.